The maximum Gasteiger partial charge on any atom is 0.206 e. The summed E-state index contributed by atoms with van der Waals surface area (Å²) in [6, 6.07) is 82.5. The first-order valence-corrected chi connectivity index (χ1v) is 23.6. The van der Waals surface area contributed by atoms with Gasteiger partial charge in [0.05, 0.1) is 9.79 Å². The fraction of sp³-hybridized carbons (Fsp3) is 0.113. The van der Waals surface area contributed by atoms with Crippen molar-refractivity contribution in [1.82, 2.24) is 0 Å². The maximum atomic E-state index is 12.0. The summed E-state index contributed by atoms with van der Waals surface area (Å²) in [5, 5.41) is 0. The minimum Gasteiger partial charge on any atom is -0.289 e. The molecule has 9 aromatic carbocycles. The van der Waals surface area contributed by atoms with E-state index in [0.717, 1.165) is 11.1 Å². The van der Waals surface area contributed by atoms with Crippen molar-refractivity contribution < 1.29 is 13.2 Å². The lowest BCUT2D eigenvalue weighted by molar-refractivity contribution is 0.103. The van der Waals surface area contributed by atoms with Crippen molar-refractivity contribution in [3.8, 4) is 11.1 Å². The van der Waals surface area contributed by atoms with Crippen LogP contribution in [0.5, 0.6) is 0 Å². The topological polar surface area (TPSA) is 51.2 Å². The molecule has 3 nitrogen and oxygen atoms in total. The fourth-order valence-electron chi connectivity index (χ4n) is 6.69. The summed E-state index contributed by atoms with van der Waals surface area (Å²) >= 11 is 0. The molecule has 332 valence electrons. The first-order chi connectivity index (χ1) is 31.8. The smallest absolute Gasteiger partial charge is 0.206 e. The first kappa shape index (κ1) is 49.6. The zero-order valence-electron chi connectivity index (χ0n) is 38.9. The molecule has 66 heavy (non-hydrogen) atoms. The zero-order valence-corrected chi connectivity index (χ0v) is 39.7. The monoisotopic (exact) mass is 884 g/mol. The molecule has 0 aliphatic heterocycles. The van der Waals surface area contributed by atoms with E-state index in [1.54, 1.807) is 60.7 Å². The molecule has 0 heterocycles. The predicted molar refractivity (Wildman–Crippen MR) is 277 cm³/mol. The van der Waals surface area contributed by atoms with Gasteiger partial charge in [-0.25, -0.2) is 8.42 Å². The van der Waals surface area contributed by atoms with E-state index >= 15 is 0 Å². The van der Waals surface area contributed by atoms with Gasteiger partial charge < -0.3 is 0 Å². The van der Waals surface area contributed by atoms with Crippen LogP contribution in [0.15, 0.2) is 265 Å². The minimum absolute atomic E-state index is 0.0752. The van der Waals surface area contributed by atoms with Gasteiger partial charge in [0.1, 0.15) is 0 Å². The molecule has 0 fully saturated rings. The quantitative estimate of drug-likeness (QED) is 0.150. The molecule has 0 aromatic heterocycles. The number of sulfone groups is 1. The Bertz CT molecular complexity index is 2670. The van der Waals surface area contributed by atoms with Gasteiger partial charge in [-0.2, -0.15) is 0 Å². The van der Waals surface area contributed by atoms with E-state index in [2.05, 4.69) is 175 Å². The van der Waals surface area contributed by atoms with Gasteiger partial charge in [-0.05, 0) is 74.2 Å². The van der Waals surface area contributed by atoms with Gasteiger partial charge in [-0.1, -0.05) is 267 Å². The van der Waals surface area contributed by atoms with Crippen LogP contribution in [0.25, 0.3) is 11.1 Å². The molecule has 0 aliphatic rings. The number of hydrogen-bond donors (Lipinski definition) is 0. The Labute approximate surface area is 394 Å². The standard InChI is InChI=1S/C15H16.C14H14.C13H10O.C12H10O2S.C8H10/c1-15(2,13-9-5-3-6-10-13)14-11-7-4-8-12-14;1-11-3-7-13(8-4-11)14-9-5-12(2)6-10-14;14-13(11-7-3-1-4-8-11)12-9-5-2-6-10-12;13-15(14,11-7-3-1-4-8-11)12-9-5-2-6-10-12;1-7-3-5-8(2)6-4-7/h3-12H,1-2H3;3-10H,1-2H3;1-10H;1-10H;3-6H,1-2H3. The van der Waals surface area contributed by atoms with Crippen LogP contribution in [0.4, 0.5) is 0 Å². The summed E-state index contributed by atoms with van der Waals surface area (Å²) in [5.74, 6) is 0.0752. The number of hydrogen-bond acceptors (Lipinski definition) is 3. The van der Waals surface area contributed by atoms with E-state index in [1.807, 2.05) is 60.7 Å². The van der Waals surface area contributed by atoms with Crippen molar-refractivity contribution in [2.24, 2.45) is 0 Å². The molecule has 0 aliphatic carbocycles. The van der Waals surface area contributed by atoms with Gasteiger partial charge in [0, 0.05) is 16.5 Å². The van der Waals surface area contributed by atoms with Gasteiger partial charge in [-0.15, -0.1) is 0 Å². The Balaban J connectivity index is 0.000000157. The first-order valence-electron chi connectivity index (χ1n) is 22.1. The lowest BCUT2D eigenvalue weighted by Gasteiger charge is -2.25. The highest BCUT2D eigenvalue weighted by Gasteiger charge is 2.22. The average Bonchev–Trinajstić information content (AvgIpc) is 3.37. The molecule has 9 aromatic rings. The number of aryl methyl sites for hydroxylation is 4. The van der Waals surface area contributed by atoms with Crippen molar-refractivity contribution in [3.05, 3.63) is 299 Å². The van der Waals surface area contributed by atoms with Gasteiger partial charge in [0.15, 0.2) is 5.78 Å². The predicted octanol–water partition coefficient (Wildman–Crippen LogP) is 15.7. The van der Waals surface area contributed by atoms with E-state index in [0.29, 0.717) is 9.79 Å². The normalized spacial score (nSPS) is 10.5. The van der Waals surface area contributed by atoms with E-state index in [-0.39, 0.29) is 11.2 Å². The van der Waals surface area contributed by atoms with Crippen LogP contribution in [-0.4, -0.2) is 14.2 Å². The average molecular weight is 885 g/mol. The zero-order chi connectivity index (χ0) is 47.2. The van der Waals surface area contributed by atoms with Crippen LogP contribution >= 0.6 is 0 Å². The SMILES string of the molecule is CC(C)(c1ccccc1)c1ccccc1.Cc1ccc(-c2ccc(C)cc2)cc1.Cc1ccc(C)cc1.O=C(c1ccccc1)c1ccccc1.O=S(=O)(c1ccccc1)c1ccccc1. The van der Waals surface area contributed by atoms with Crippen LogP contribution in [0.1, 0.15) is 63.1 Å². The summed E-state index contributed by atoms with van der Waals surface area (Å²) in [6.07, 6.45) is 0. The Kier molecular flexibility index (Phi) is 18.9. The molecule has 0 spiro atoms. The van der Waals surface area contributed by atoms with Crippen LogP contribution in [0.3, 0.4) is 0 Å². The largest absolute Gasteiger partial charge is 0.289 e. The number of carbonyl (C=O) groups is 1. The Morgan fingerprint density at radius 3 is 0.818 bits per heavy atom. The second-order valence-corrected chi connectivity index (χ2v) is 18.4. The molecule has 0 radical (unpaired) electrons. The molecule has 0 atom stereocenters. The van der Waals surface area contributed by atoms with Crippen LogP contribution in [0.2, 0.25) is 0 Å². The van der Waals surface area contributed by atoms with Crippen molar-refractivity contribution in [3.63, 3.8) is 0 Å². The second-order valence-electron chi connectivity index (χ2n) is 16.4. The Morgan fingerprint density at radius 1 is 0.318 bits per heavy atom. The molecule has 4 heteroatoms. The second kappa shape index (κ2) is 25.2. The maximum absolute atomic E-state index is 12.0. The van der Waals surface area contributed by atoms with Crippen molar-refractivity contribution in [2.75, 3.05) is 0 Å². The molecule has 0 unspecified atom stereocenters. The van der Waals surface area contributed by atoms with Gasteiger partial charge >= 0.3 is 0 Å². The van der Waals surface area contributed by atoms with Gasteiger partial charge in [0.2, 0.25) is 9.84 Å². The molecular weight excluding hydrogens is 825 g/mol. The summed E-state index contributed by atoms with van der Waals surface area (Å²) in [6.45, 7) is 12.9. The number of ketones is 1. The van der Waals surface area contributed by atoms with Crippen LogP contribution < -0.4 is 0 Å². The van der Waals surface area contributed by atoms with Gasteiger partial charge in [0.25, 0.3) is 0 Å². The van der Waals surface area contributed by atoms with Crippen molar-refractivity contribution >= 4 is 15.6 Å². The van der Waals surface area contributed by atoms with Crippen LogP contribution in [-0.2, 0) is 15.3 Å². The minimum atomic E-state index is -3.34. The van der Waals surface area contributed by atoms with E-state index in [9.17, 15) is 13.2 Å². The lowest BCUT2D eigenvalue weighted by atomic mass is 9.78. The summed E-state index contributed by atoms with van der Waals surface area (Å²) in [5.41, 5.74) is 12.1. The molecule has 0 N–H and O–H groups in total. The van der Waals surface area contributed by atoms with Crippen molar-refractivity contribution in [2.45, 2.75) is 56.7 Å². The third-order valence-corrected chi connectivity index (χ3v) is 12.6. The Morgan fingerprint density at radius 2 is 0.545 bits per heavy atom. The van der Waals surface area contributed by atoms with Crippen molar-refractivity contribution in [1.29, 1.82) is 0 Å². The van der Waals surface area contributed by atoms with Gasteiger partial charge in [-0.3, -0.25) is 4.79 Å². The molecular formula is C62H60O3S. The number of benzene rings is 9. The molecule has 0 saturated heterocycles. The van der Waals surface area contributed by atoms with E-state index in [1.165, 1.54) is 44.5 Å². The molecule has 0 saturated carbocycles. The third kappa shape index (κ3) is 15.4. The highest BCUT2D eigenvalue weighted by atomic mass is 32.2. The Hall–Kier alpha value is -7.40. The highest BCUT2D eigenvalue weighted by Crippen LogP contribution is 2.30. The van der Waals surface area contributed by atoms with Crippen LogP contribution in [0, 0.1) is 27.7 Å². The van der Waals surface area contributed by atoms with E-state index < -0.39 is 9.84 Å². The summed E-state index contributed by atoms with van der Waals surface area (Å²) in [7, 11) is -3.34. The fourth-order valence-corrected chi connectivity index (χ4v) is 7.99. The number of carbonyl (C=O) groups excluding carboxylic acids is 1. The number of rotatable bonds is 7. The molecule has 0 amide bonds. The lowest BCUT2D eigenvalue weighted by Crippen LogP contribution is -2.18. The highest BCUT2D eigenvalue weighted by molar-refractivity contribution is 7.91. The van der Waals surface area contributed by atoms with E-state index in [4.69, 9.17) is 0 Å². The third-order valence-electron chi connectivity index (χ3n) is 10.8. The molecule has 0 bridgehead atoms. The summed E-state index contributed by atoms with van der Waals surface area (Å²) in [4.78, 5) is 12.5. The molecule has 9 rings (SSSR count). The summed E-state index contributed by atoms with van der Waals surface area (Å²) < 4.78 is 24.1.